The summed E-state index contributed by atoms with van der Waals surface area (Å²) < 4.78 is 5.42. The van der Waals surface area contributed by atoms with Gasteiger partial charge in [0.25, 0.3) is 11.8 Å². The molecule has 1 atom stereocenters. The Labute approximate surface area is 189 Å². The second kappa shape index (κ2) is 10.7. The lowest BCUT2D eigenvalue weighted by Crippen LogP contribution is -2.43. The Morgan fingerprint density at radius 3 is 2.59 bits per heavy atom. The van der Waals surface area contributed by atoms with Crippen LogP contribution in [0.1, 0.15) is 34.3 Å². The van der Waals surface area contributed by atoms with Gasteiger partial charge in [0.1, 0.15) is 6.10 Å². The number of ether oxygens (including phenoxy) is 1. The SMILES string of the molecule is CN1CCN(Cc2cccc(CNC(=O)c3cccc(NC(=O)C4CCCO4)c3)c2)CC1. The molecule has 2 aromatic rings. The molecule has 0 spiro atoms. The molecule has 2 heterocycles. The van der Waals surface area contributed by atoms with Crippen molar-refractivity contribution in [1.82, 2.24) is 15.1 Å². The number of hydrogen-bond donors (Lipinski definition) is 2. The Morgan fingerprint density at radius 1 is 1.03 bits per heavy atom. The fourth-order valence-electron chi connectivity index (χ4n) is 4.13. The highest BCUT2D eigenvalue weighted by molar-refractivity contribution is 5.98. The van der Waals surface area contributed by atoms with Gasteiger partial charge in [0, 0.05) is 57.1 Å². The molecule has 2 amide bonds. The molecule has 2 aliphatic heterocycles. The average Bonchev–Trinajstić information content (AvgIpc) is 3.35. The average molecular weight is 437 g/mol. The zero-order chi connectivity index (χ0) is 22.3. The minimum atomic E-state index is -0.398. The minimum absolute atomic E-state index is 0.155. The van der Waals surface area contributed by atoms with Crippen LogP contribution >= 0.6 is 0 Å². The summed E-state index contributed by atoms with van der Waals surface area (Å²) in [7, 11) is 2.16. The number of likely N-dealkylation sites (N-methyl/N-ethyl adjacent to an activating group) is 1. The predicted octanol–water partition coefficient (Wildman–Crippen LogP) is 2.48. The van der Waals surface area contributed by atoms with E-state index in [0.717, 1.165) is 51.1 Å². The molecule has 0 aromatic heterocycles. The number of benzene rings is 2. The molecule has 2 saturated heterocycles. The van der Waals surface area contributed by atoms with Gasteiger partial charge in [-0.1, -0.05) is 30.3 Å². The lowest BCUT2D eigenvalue weighted by Gasteiger charge is -2.32. The third-order valence-corrected chi connectivity index (χ3v) is 6.06. The van der Waals surface area contributed by atoms with E-state index in [9.17, 15) is 9.59 Å². The second-order valence-electron chi connectivity index (χ2n) is 8.65. The van der Waals surface area contributed by atoms with Crippen LogP contribution in [0.4, 0.5) is 5.69 Å². The van der Waals surface area contributed by atoms with Crippen LogP contribution in [0.2, 0.25) is 0 Å². The summed E-state index contributed by atoms with van der Waals surface area (Å²) in [6.45, 7) is 6.38. The van der Waals surface area contributed by atoms with E-state index in [2.05, 4.69) is 39.6 Å². The lowest BCUT2D eigenvalue weighted by atomic mass is 10.1. The van der Waals surface area contributed by atoms with Crippen molar-refractivity contribution in [3.63, 3.8) is 0 Å². The molecule has 2 fully saturated rings. The van der Waals surface area contributed by atoms with Gasteiger partial charge in [-0.05, 0) is 49.2 Å². The molecule has 2 N–H and O–H groups in total. The van der Waals surface area contributed by atoms with Crippen molar-refractivity contribution in [1.29, 1.82) is 0 Å². The third kappa shape index (κ3) is 6.16. The van der Waals surface area contributed by atoms with Crippen LogP contribution in [-0.2, 0) is 22.6 Å². The second-order valence-corrected chi connectivity index (χ2v) is 8.65. The van der Waals surface area contributed by atoms with E-state index in [-0.39, 0.29) is 11.8 Å². The first-order valence-electron chi connectivity index (χ1n) is 11.4. The number of carbonyl (C=O) groups excluding carboxylic acids is 2. The molecule has 7 heteroatoms. The summed E-state index contributed by atoms with van der Waals surface area (Å²) in [6.07, 6.45) is 1.24. The van der Waals surface area contributed by atoms with Crippen LogP contribution < -0.4 is 10.6 Å². The van der Waals surface area contributed by atoms with E-state index in [4.69, 9.17) is 4.74 Å². The Bertz CT molecular complexity index is 934. The number of anilines is 1. The highest BCUT2D eigenvalue weighted by Gasteiger charge is 2.23. The van der Waals surface area contributed by atoms with Crippen LogP contribution in [0.25, 0.3) is 0 Å². The number of hydrogen-bond acceptors (Lipinski definition) is 5. The number of nitrogens with one attached hydrogen (secondary N) is 2. The van der Waals surface area contributed by atoms with Crippen molar-refractivity contribution >= 4 is 17.5 Å². The number of nitrogens with zero attached hydrogens (tertiary/aromatic N) is 2. The molecular weight excluding hydrogens is 404 g/mol. The van der Waals surface area contributed by atoms with Gasteiger partial charge in [0.05, 0.1) is 0 Å². The topological polar surface area (TPSA) is 73.9 Å². The highest BCUT2D eigenvalue weighted by Crippen LogP contribution is 2.17. The van der Waals surface area contributed by atoms with Gasteiger partial charge in [-0.25, -0.2) is 0 Å². The van der Waals surface area contributed by atoms with Gasteiger partial charge in [-0.3, -0.25) is 14.5 Å². The summed E-state index contributed by atoms with van der Waals surface area (Å²) in [6, 6.07) is 15.4. The van der Waals surface area contributed by atoms with Crippen LogP contribution in [0, 0.1) is 0 Å². The normalized spacial score (nSPS) is 19.6. The summed E-state index contributed by atoms with van der Waals surface area (Å²) >= 11 is 0. The Kier molecular flexibility index (Phi) is 7.52. The summed E-state index contributed by atoms with van der Waals surface area (Å²) in [5.74, 6) is -0.320. The lowest BCUT2D eigenvalue weighted by molar-refractivity contribution is -0.124. The predicted molar refractivity (Wildman–Crippen MR) is 124 cm³/mol. The first kappa shape index (κ1) is 22.5. The number of piperazine rings is 1. The van der Waals surface area contributed by atoms with E-state index < -0.39 is 6.10 Å². The molecule has 0 saturated carbocycles. The number of amides is 2. The highest BCUT2D eigenvalue weighted by atomic mass is 16.5. The van der Waals surface area contributed by atoms with Gasteiger partial charge in [-0.2, -0.15) is 0 Å². The zero-order valence-electron chi connectivity index (χ0n) is 18.7. The number of carbonyl (C=O) groups is 2. The first-order valence-corrected chi connectivity index (χ1v) is 11.4. The van der Waals surface area contributed by atoms with Crippen molar-refractivity contribution in [3.8, 4) is 0 Å². The number of rotatable bonds is 7. The van der Waals surface area contributed by atoms with E-state index in [0.29, 0.717) is 24.4 Å². The van der Waals surface area contributed by atoms with Gasteiger partial charge in [-0.15, -0.1) is 0 Å². The molecule has 32 heavy (non-hydrogen) atoms. The Morgan fingerprint density at radius 2 is 1.81 bits per heavy atom. The smallest absolute Gasteiger partial charge is 0.253 e. The maximum Gasteiger partial charge on any atom is 0.253 e. The molecule has 0 radical (unpaired) electrons. The fourth-order valence-corrected chi connectivity index (χ4v) is 4.13. The van der Waals surface area contributed by atoms with E-state index in [1.807, 2.05) is 12.1 Å². The molecule has 170 valence electrons. The van der Waals surface area contributed by atoms with Crippen LogP contribution in [-0.4, -0.2) is 67.6 Å². The molecule has 1 unspecified atom stereocenters. The molecule has 0 aliphatic carbocycles. The standard InChI is InChI=1S/C25H32N4O3/c1-28-10-12-29(13-11-28)18-20-6-2-5-19(15-20)17-26-24(30)21-7-3-8-22(16-21)27-25(31)23-9-4-14-32-23/h2-3,5-8,15-16,23H,4,9-14,17-18H2,1H3,(H,26,30)(H,27,31). The Balaban J connectivity index is 1.30. The van der Waals surface area contributed by atoms with E-state index in [1.165, 1.54) is 5.56 Å². The summed E-state index contributed by atoms with van der Waals surface area (Å²) in [5.41, 5.74) is 3.46. The maximum absolute atomic E-state index is 12.7. The summed E-state index contributed by atoms with van der Waals surface area (Å²) in [5, 5.41) is 5.84. The van der Waals surface area contributed by atoms with Crippen molar-refractivity contribution < 1.29 is 14.3 Å². The van der Waals surface area contributed by atoms with Gasteiger partial charge in [0.15, 0.2) is 0 Å². The minimum Gasteiger partial charge on any atom is -0.368 e. The molecule has 2 aromatic carbocycles. The van der Waals surface area contributed by atoms with Crippen molar-refractivity contribution in [3.05, 3.63) is 65.2 Å². The van der Waals surface area contributed by atoms with Crippen molar-refractivity contribution in [2.75, 3.05) is 45.2 Å². The zero-order valence-corrected chi connectivity index (χ0v) is 18.7. The van der Waals surface area contributed by atoms with E-state index >= 15 is 0 Å². The van der Waals surface area contributed by atoms with Crippen LogP contribution in [0.5, 0.6) is 0 Å². The van der Waals surface area contributed by atoms with Crippen molar-refractivity contribution in [2.45, 2.75) is 32.0 Å². The monoisotopic (exact) mass is 436 g/mol. The van der Waals surface area contributed by atoms with Crippen molar-refractivity contribution in [2.24, 2.45) is 0 Å². The summed E-state index contributed by atoms with van der Waals surface area (Å²) in [4.78, 5) is 29.8. The molecule has 2 aliphatic rings. The molecule has 4 rings (SSSR count). The van der Waals surface area contributed by atoms with Gasteiger partial charge in [0.2, 0.25) is 0 Å². The van der Waals surface area contributed by atoms with Crippen LogP contribution in [0.15, 0.2) is 48.5 Å². The fraction of sp³-hybridized carbons (Fsp3) is 0.440. The largest absolute Gasteiger partial charge is 0.368 e. The van der Waals surface area contributed by atoms with E-state index in [1.54, 1.807) is 24.3 Å². The molecule has 7 nitrogen and oxygen atoms in total. The van der Waals surface area contributed by atoms with Crippen LogP contribution in [0.3, 0.4) is 0 Å². The quantitative estimate of drug-likeness (QED) is 0.698. The van der Waals surface area contributed by atoms with Gasteiger partial charge < -0.3 is 20.3 Å². The first-order chi connectivity index (χ1) is 15.6. The third-order valence-electron chi connectivity index (χ3n) is 6.06. The molecular formula is C25H32N4O3. The van der Waals surface area contributed by atoms with Gasteiger partial charge >= 0.3 is 0 Å². The molecule has 0 bridgehead atoms. The maximum atomic E-state index is 12.7. The Hall–Kier alpha value is -2.74.